The van der Waals surface area contributed by atoms with Gasteiger partial charge in [0.2, 0.25) is 5.91 Å². The highest BCUT2D eigenvalue weighted by Crippen LogP contribution is 2.60. The van der Waals surface area contributed by atoms with Crippen LogP contribution in [0.1, 0.15) is 37.8 Å². The van der Waals surface area contributed by atoms with Crippen molar-refractivity contribution in [2.24, 2.45) is 0 Å². The normalized spacial score (nSPS) is 35.9. The highest BCUT2D eigenvalue weighted by molar-refractivity contribution is 5.90. The number of rotatable bonds is 2. The summed E-state index contributed by atoms with van der Waals surface area (Å²) < 4.78 is 11.4. The van der Waals surface area contributed by atoms with E-state index in [0.717, 1.165) is 11.1 Å². The molecule has 1 saturated carbocycles. The van der Waals surface area contributed by atoms with E-state index in [1.165, 1.54) is 6.92 Å². The minimum Gasteiger partial charge on any atom is -0.493 e. The minimum atomic E-state index is -1.23. The summed E-state index contributed by atoms with van der Waals surface area (Å²) in [6, 6.07) is 3.29. The molecule has 0 aromatic heterocycles. The number of carbonyl (C=O) groups is 2. The van der Waals surface area contributed by atoms with Gasteiger partial charge in [0, 0.05) is 18.9 Å². The third-order valence-corrected chi connectivity index (χ3v) is 6.03. The van der Waals surface area contributed by atoms with Gasteiger partial charge in [-0.15, -0.1) is 0 Å². The lowest BCUT2D eigenvalue weighted by atomic mass is 9.53. The number of hydrogen-bond acceptors (Lipinski definition) is 5. The van der Waals surface area contributed by atoms with Crippen molar-refractivity contribution >= 4 is 11.7 Å². The van der Waals surface area contributed by atoms with Gasteiger partial charge < -0.3 is 19.9 Å². The lowest BCUT2D eigenvalue weighted by Gasteiger charge is -2.54. The first-order valence-corrected chi connectivity index (χ1v) is 8.22. The number of ketones is 1. The topological polar surface area (TPSA) is 84.9 Å². The second-order valence-electron chi connectivity index (χ2n) is 7.18. The molecule has 2 unspecified atom stereocenters. The number of Topliss-reactive ketones (excluding diaryl/α,β-unsaturated/α-hetero) is 1. The molecule has 1 amide bonds. The van der Waals surface area contributed by atoms with Crippen LogP contribution in [0.3, 0.4) is 0 Å². The van der Waals surface area contributed by atoms with Crippen LogP contribution in [-0.2, 0) is 21.4 Å². The Morgan fingerprint density at radius 1 is 1.46 bits per heavy atom. The largest absolute Gasteiger partial charge is 0.493 e. The van der Waals surface area contributed by atoms with E-state index < -0.39 is 23.2 Å². The van der Waals surface area contributed by atoms with E-state index in [9.17, 15) is 14.7 Å². The summed E-state index contributed by atoms with van der Waals surface area (Å²) in [6.45, 7) is 3.31. The molecule has 1 fully saturated rings. The molecule has 3 aliphatic rings. The molecule has 2 N–H and O–H groups in total. The third-order valence-electron chi connectivity index (χ3n) is 6.03. The molecule has 4 atom stereocenters. The fourth-order valence-electron chi connectivity index (χ4n) is 4.86. The number of amides is 1. The fourth-order valence-corrected chi connectivity index (χ4v) is 4.86. The predicted octanol–water partition coefficient (Wildman–Crippen LogP) is 0.869. The number of nitrogens with one attached hydrogen (secondary N) is 1. The Hall–Kier alpha value is -2.08. The molecule has 0 bridgehead atoms. The number of benzene rings is 1. The maximum Gasteiger partial charge on any atom is 0.217 e. The van der Waals surface area contributed by atoms with Gasteiger partial charge in [-0.05, 0) is 31.4 Å². The van der Waals surface area contributed by atoms with E-state index in [4.69, 9.17) is 9.47 Å². The molecule has 0 radical (unpaired) electrons. The average molecular weight is 331 g/mol. The van der Waals surface area contributed by atoms with E-state index in [1.54, 1.807) is 7.11 Å². The quantitative estimate of drug-likeness (QED) is 0.840. The molecular formula is C18H21NO5. The first-order chi connectivity index (χ1) is 11.3. The van der Waals surface area contributed by atoms with E-state index in [1.807, 2.05) is 19.1 Å². The Bertz CT molecular complexity index is 760. The molecule has 1 aromatic carbocycles. The van der Waals surface area contributed by atoms with Gasteiger partial charge >= 0.3 is 0 Å². The lowest BCUT2D eigenvalue weighted by molar-refractivity contribution is -0.156. The van der Waals surface area contributed by atoms with Gasteiger partial charge in [0.05, 0.1) is 24.2 Å². The molecular weight excluding hydrogens is 310 g/mol. The van der Waals surface area contributed by atoms with Gasteiger partial charge in [-0.2, -0.15) is 0 Å². The van der Waals surface area contributed by atoms with E-state index >= 15 is 0 Å². The number of methoxy groups -OCH3 is 1. The zero-order chi connectivity index (χ0) is 17.3. The molecule has 1 aliphatic heterocycles. The Kier molecular flexibility index (Phi) is 3.04. The van der Waals surface area contributed by atoms with Crippen molar-refractivity contribution in [3.05, 3.63) is 23.3 Å². The van der Waals surface area contributed by atoms with Crippen LogP contribution in [-0.4, -0.2) is 41.7 Å². The zero-order valence-corrected chi connectivity index (χ0v) is 14.0. The number of aliphatic hydroxyl groups is 1. The SMILES string of the molecule is COc1ccc2c3c1O[C@@H]1C(=O)CC[C@](O)(C(NC(C)=O)C2)C31C. The van der Waals surface area contributed by atoms with Crippen LogP contribution in [0.15, 0.2) is 12.1 Å². The zero-order valence-electron chi connectivity index (χ0n) is 14.0. The molecule has 4 rings (SSSR count). The van der Waals surface area contributed by atoms with Crippen LogP contribution in [0.25, 0.3) is 0 Å². The van der Waals surface area contributed by atoms with Crippen LogP contribution in [0.2, 0.25) is 0 Å². The van der Waals surface area contributed by atoms with Gasteiger partial charge in [0.1, 0.15) is 0 Å². The van der Waals surface area contributed by atoms with Gasteiger partial charge in [-0.25, -0.2) is 0 Å². The van der Waals surface area contributed by atoms with E-state index in [-0.39, 0.29) is 18.1 Å². The maximum atomic E-state index is 12.5. The summed E-state index contributed by atoms with van der Waals surface area (Å²) in [5.41, 5.74) is -0.299. The average Bonchev–Trinajstić information content (AvgIpc) is 2.86. The van der Waals surface area contributed by atoms with Crippen molar-refractivity contribution in [3.63, 3.8) is 0 Å². The summed E-state index contributed by atoms with van der Waals surface area (Å²) in [4.78, 5) is 24.2. The van der Waals surface area contributed by atoms with Gasteiger partial charge in [0.15, 0.2) is 23.4 Å². The third kappa shape index (κ3) is 1.64. The summed E-state index contributed by atoms with van der Waals surface area (Å²) in [6.07, 6.45) is 0.294. The van der Waals surface area contributed by atoms with Gasteiger partial charge in [-0.3, -0.25) is 9.59 Å². The van der Waals surface area contributed by atoms with E-state index in [2.05, 4.69) is 5.32 Å². The molecule has 6 heteroatoms. The van der Waals surface area contributed by atoms with Crippen molar-refractivity contribution in [1.82, 2.24) is 5.32 Å². The molecule has 0 spiro atoms. The van der Waals surface area contributed by atoms with E-state index in [0.29, 0.717) is 24.3 Å². The summed E-state index contributed by atoms with van der Waals surface area (Å²) in [5, 5.41) is 14.5. The van der Waals surface area contributed by atoms with Crippen LogP contribution in [0.4, 0.5) is 0 Å². The van der Waals surface area contributed by atoms with Crippen LogP contribution >= 0.6 is 0 Å². The first-order valence-electron chi connectivity index (χ1n) is 8.22. The van der Waals surface area contributed by atoms with Gasteiger partial charge in [0.25, 0.3) is 0 Å². The Morgan fingerprint density at radius 2 is 2.21 bits per heavy atom. The maximum absolute atomic E-state index is 12.5. The summed E-state index contributed by atoms with van der Waals surface area (Å²) in [5.74, 6) is 0.909. The van der Waals surface area contributed by atoms with Crippen LogP contribution in [0.5, 0.6) is 11.5 Å². The van der Waals surface area contributed by atoms with Gasteiger partial charge in [-0.1, -0.05) is 6.07 Å². The Labute approximate surface area is 140 Å². The lowest BCUT2D eigenvalue weighted by Crippen LogP contribution is -2.72. The molecule has 128 valence electrons. The predicted molar refractivity (Wildman–Crippen MR) is 85.3 cm³/mol. The minimum absolute atomic E-state index is 0.0187. The number of carbonyl (C=O) groups excluding carboxylic acids is 2. The Balaban J connectivity index is 1.97. The second kappa shape index (κ2) is 4.72. The van der Waals surface area contributed by atoms with Crippen LogP contribution < -0.4 is 14.8 Å². The highest BCUT2D eigenvalue weighted by atomic mass is 16.5. The fraction of sp³-hybridized carbons (Fsp3) is 0.556. The molecule has 1 heterocycles. The Morgan fingerprint density at radius 3 is 2.88 bits per heavy atom. The number of ether oxygens (including phenoxy) is 2. The molecule has 2 aliphatic carbocycles. The van der Waals surface area contributed by atoms with Crippen molar-refractivity contribution in [2.45, 2.75) is 56.3 Å². The molecule has 1 aromatic rings. The second-order valence-corrected chi connectivity index (χ2v) is 7.18. The van der Waals surface area contributed by atoms with Crippen molar-refractivity contribution in [2.75, 3.05) is 7.11 Å². The monoisotopic (exact) mass is 331 g/mol. The standard InChI is InChI=1S/C18H21NO5/c1-9(20)19-13-8-10-4-5-12(23-3)15-14(10)17(2)16(24-15)11(21)6-7-18(13,17)22/h4-5,13,16,22H,6-8H2,1-3H3,(H,19,20)/t13?,16-,17?,18+/m1/s1. The molecule has 0 saturated heterocycles. The van der Waals surface area contributed by atoms with Crippen molar-refractivity contribution < 1.29 is 24.2 Å². The highest BCUT2D eigenvalue weighted by Gasteiger charge is 2.68. The van der Waals surface area contributed by atoms with Crippen molar-refractivity contribution in [1.29, 1.82) is 0 Å². The number of hydrogen-bond donors (Lipinski definition) is 2. The first kappa shape index (κ1) is 15.4. The van der Waals surface area contributed by atoms with Crippen LogP contribution in [0, 0.1) is 0 Å². The smallest absolute Gasteiger partial charge is 0.217 e. The summed E-state index contributed by atoms with van der Waals surface area (Å²) in [7, 11) is 1.56. The molecule has 24 heavy (non-hydrogen) atoms. The van der Waals surface area contributed by atoms with Crippen molar-refractivity contribution in [3.8, 4) is 11.5 Å². The molecule has 6 nitrogen and oxygen atoms in total. The summed E-state index contributed by atoms with van der Waals surface area (Å²) >= 11 is 0.